The first-order valence-electron chi connectivity index (χ1n) is 11.0. The van der Waals surface area contributed by atoms with Crippen molar-refractivity contribution < 1.29 is 14.3 Å². The van der Waals surface area contributed by atoms with Gasteiger partial charge < -0.3 is 20.7 Å². The summed E-state index contributed by atoms with van der Waals surface area (Å²) in [5.74, 6) is 0.755. The topological polar surface area (TPSA) is 136 Å². The van der Waals surface area contributed by atoms with Crippen LogP contribution in [0.5, 0.6) is 5.75 Å². The normalized spacial score (nSPS) is 13.2. The van der Waals surface area contributed by atoms with Gasteiger partial charge in [0, 0.05) is 19.0 Å². The van der Waals surface area contributed by atoms with Crippen LogP contribution in [0, 0.1) is 5.92 Å². The van der Waals surface area contributed by atoms with E-state index in [4.69, 9.17) is 4.74 Å². The van der Waals surface area contributed by atoms with Gasteiger partial charge in [-0.3, -0.25) is 14.3 Å². The van der Waals surface area contributed by atoms with Gasteiger partial charge in [0.2, 0.25) is 5.91 Å². The Kier molecular flexibility index (Phi) is 6.31. The van der Waals surface area contributed by atoms with Gasteiger partial charge in [0.25, 0.3) is 5.91 Å². The summed E-state index contributed by atoms with van der Waals surface area (Å²) < 4.78 is 7.27. The van der Waals surface area contributed by atoms with Crippen molar-refractivity contribution in [2.75, 3.05) is 17.7 Å². The fraction of sp³-hybridized carbons (Fsp3) is 0.300. The van der Waals surface area contributed by atoms with Gasteiger partial charge in [-0.15, -0.1) is 10.2 Å². The molecule has 2 aromatic heterocycles. The molecule has 0 saturated heterocycles. The fourth-order valence-corrected chi connectivity index (χ4v) is 3.33. The second-order valence-corrected chi connectivity index (χ2v) is 9.21. The minimum atomic E-state index is -0.475. The molecule has 1 fully saturated rings. The van der Waals surface area contributed by atoms with Gasteiger partial charge in [0.05, 0.1) is 24.0 Å². The maximum atomic E-state index is 13.0. The van der Waals surface area contributed by atoms with Gasteiger partial charge >= 0.3 is 0 Å². The van der Waals surface area contributed by atoms with Crippen molar-refractivity contribution >= 4 is 52.5 Å². The minimum absolute atomic E-state index is 0.00437. The summed E-state index contributed by atoms with van der Waals surface area (Å²) in [5, 5.41) is 21.0. The summed E-state index contributed by atoms with van der Waals surface area (Å²) in [6.45, 7) is 0. The van der Waals surface area contributed by atoms with Crippen LogP contribution in [0.3, 0.4) is 0 Å². The molecule has 11 nitrogen and oxygen atoms in total. The molecular formula is C20H25B3N8O3. The van der Waals surface area contributed by atoms with E-state index in [1.165, 1.54) is 0 Å². The zero-order chi connectivity index (χ0) is 24.5. The van der Waals surface area contributed by atoms with E-state index in [9.17, 15) is 9.59 Å². The molecule has 14 heteroatoms. The number of para-hydroxylation sites is 1. The van der Waals surface area contributed by atoms with Crippen LogP contribution >= 0.6 is 0 Å². The molecule has 1 aliphatic rings. The van der Waals surface area contributed by atoms with Crippen LogP contribution in [0.15, 0.2) is 30.6 Å². The van der Waals surface area contributed by atoms with Crippen LogP contribution in [0.2, 0.25) is 0 Å². The van der Waals surface area contributed by atoms with Crippen molar-refractivity contribution in [1.82, 2.24) is 30.3 Å². The number of anilines is 3. The lowest BCUT2D eigenvalue weighted by Gasteiger charge is -2.21. The number of aromatic nitrogens is 5. The Morgan fingerprint density at radius 3 is 2.56 bits per heavy atom. The molecule has 0 atom stereocenters. The zero-order valence-electron chi connectivity index (χ0n) is 19.8. The molecule has 172 valence electrons. The number of carbonyl (C=O) groups is 2. The van der Waals surface area contributed by atoms with Crippen LogP contribution in [-0.2, 0) is 11.8 Å². The zero-order valence-corrected chi connectivity index (χ0v) is 19.8. The smallest absolute Gasteiger partial charge is 0.272 e. The van der Waals surface area contributed by atoms with Crippen LogP contribution < -0.4 is 20.7 Å². The SMILES string of the molecule is BC(B)(B)NC(=O)c1nnc(NC(=O)C2CC2)cc1Nc1cccc(-c2ncn(C)n2)c1OC. The Morgan fingerprint density at radius 2 is 1.94 bits per heavy atom. The van der Waals surface area contributed by atoms with Crippen molar-refractivity contribution in [1.29, 1.82) is 0 Å². The molecule has 2 amide bonds. The highest BCUT2D eigenvalue weighted by Crippen LogP contribution is 2.37. The van der Waals surface area contributed by atoms with Crippen LogP contribution in [0.4, 0.5) is 17.2 Å². The Hall–Kier alpha value is -3.83. The van der Waals surface area contributed by atoms with Crippen LogP contribution in [0.1, 0.15) is 23.3 Å². The molecule has 34 heavy (non-hydrogen) atoms. The van der Waals surface area contributed by atoms with E-state index in [0.717, 1.165) is 12.8 Å². The van der Waals surface area contributed by atoms with Gasteiger partial charge in [-0.05, 0) is 30.2 Å². The average Bonchev–Trinajstić information content (AvgIpc) is 3.53. The maximum Gasteiger partial charge on any atom is 0.272 e. The third-order valence-corrected chi connectivity index (χ3v) is 5.03. The molecule has 4 rings (SSSR count). The molecule has 0 bridgehead atoms. The van der Waals surface area contributed by atoms with Gasteiger partial charge in [0.15, 0.2) is 23.1 Å². The third kappa shape index (κ3) is 5.38. The number of nitrogens with zero attached hydrogens (tertiary/aromatic N) is 5. The number of carbonyl (C=O) groups excluding carboxylic acids is 2. The number of ether oxygens (including phenoxy) is 1. The average molecular weight is 458 g/mol. The molecule has 1 aliphatic carbocycles. The van der Waals surface area contributed by atoms with Crippen LogP contribution in [0.25, 0.3) is 11.4 Å². The third-order valence-electron chi connectivity index (χ3n) is 5.03. The number of amides is 2. The number of hydrogen-bond donors (Lipinski definition) is 3. The summed E-state index contributed by atoms with van der Waals surface area (Å²) in [7, 11) is 8.96. The molecule has 0 spiro atoms. The number of hydrogen-bond acceptors (Lipinski definition) is 8. The number of methoxy groups -OCH3 is 1. The minimum Gasteiger partial charge on any atom is -0.494 e. The highest BCUT2D eigenvalue weighted by molar-refractivity contribution is 6.60. The largest absolute Gasteiger partial charge is 0.494 e. The summed E-state index contributed by atoms with van der Waals surface area (Å²) in [5.41, 5.74) is 1.71. The summed E-state index contributed by atoms with van der Waals surface area (Å²) >= 11 is 0. The van der Waals surface area contributed by atoms with Gasteiger partial charge in [-0.2, -0.15) is 5.10 Å². The molecule has 0 aliphatic heterocycles. The molecule has 1 aromatic carbocycles. The predicted molar refractivity (Wildman–Crippen MR) is 135 cm³/mol. The fourth-order valence-electron chi connectivity index (χ4n) is 3.33. The molecular weight excluding hydrogens is 433 g/mol. The highest BCUT2D eigenvalue weighted by Gasteiger charge is 2.30. The van der Waals surface area contributed by atoms with Crippen LogP contribution in [-0.4, -0.2) is 72.7 Å². The van der Waals surface area contributed by atoms with E-state index in [0.29, 0.717) is 28.5 Å². The van der Waals surface area contributed by atoms with E-state index >= 15 is 0 Å². The second kappa shape index (κ2) is 9.20. The first-order valence-corrected chi connectivity index (χ1v) is 11.0. The number of rotatable bonds is 8. The van der Waals surface area contributed by atoms with E-state index in [1.54, 1.807) is 37.3 Å². The van der Waals surface area contributed by atoms with Crippen molar-refractivity contribution in [3.63, 3.8) is 0 Å². The Bertz CT molecular complexity index is 1240. The molecule has 0 unspecified atom stereocenters. The number of nitrogens with one attached hydrogen (secondary N) is 3. The Labute approximate surface area is 199 Å². The van der Waals surface area contributed by atoms with Crippen molar-refractivity contribution in [3.05, 3.63) is 36.3 Å². The van der Waals surface area contributed by atoms with Crippen molar-refractivity contribution in [3.8, 4) is 17.1 Å². The van der Waals surface area contributed by atoms with Crippen molar-refractivity contribution in [2.45, 2.75) is 18.1 Å². The van der Waals surface area contributed by atoms with Gasteiger partial charge in [0.1, 0.15) is 29.9 Å². The lowest BCUT2D eigenvalue weighted by atomic mass is 9.49. The Balaban J connectivity index is 1.72. The van der Waals surface area contributed by atoms with Crippen molar-refractivity contribution in [2.24, 2.45) is 13.0 Å². The number of aryl methyl sites for hydroxylation is 1. The first-order chi connectivity index (χ1) is 16.1. The lowest BCUT2D eigenvalue weighted by molar-refractivity contribution is -0.117. The van der Waals surface area contributed by atoms with E-state index in [1.807, 2.05) is 35.7 Å². The molecule has 0 radical (unpaired) electrons. The number of benzene rings is 1. The highest BCUT2D eigenvalue weighted by atomic mass is 16.5. The Morgan fingerprint density at radius 1 is 1.18 bits per heavy atom. The predicted octanol–water partition coefficient (Wildman–Crippen LogP) is -1.39. The molecule has 2 heterocycles. The van der Waals surface area contributed by atoms with E-state index in [-0.39, 0.29) is 23.3 Å². The summed E-state index contributed by atoms with van der Waals surface area (Å²) in [4.78, 5) is 29.5. The van der Waals surface area contributed by atoms with E-state index < -0.39 is 11.1 Å². The maximum absolute atomic E-state index is 13.0. The van der Waals surface area contributed by atoms with Gasteiger partial charge in [-0.1, -0.05) is 6.07 Å². The molecule has 3 N–H and O–H groups in total. The monoisotopic (exact) mass is 458 g/mol. The van der Waals surface area contributed by atoms with E-state index in [2.05, 4.69) is 36.2 Å². The lowest BCUT2D eigenvalue weighted by Crippen LogP contribution is -2.50. The summed E-state index contributed by atoms with van der Waals surface area (Å²) in [6.07, 6.45) is 3.33. The summed E-state index contributed by atoms with van der Waals surface area (Å²) in [6, 6.07) is 7.07. The quantitative estimate of drug-likeness (QED) is 0.352. The van der Waals surface area contributed by atoms with Gasteiger partial charge in [-0.25, -0.2) is 4.98 Å². The first kappa shape index (κ1) is 23.3. The molecule has 3 aromatic rings. The molecule has 1 saturated carbocycles. The standard InChI is InChI=1S/C20H25B3N8O3/c1-31-9-24-17(30-31)11-4-3-5-12(16(11)34-2)25-13-8-14(26-18(32)10-6-7-10)28-29-15(13)19(33)27-20(21,22)23/h3-5,8-10H,6-7,21-23H2,1-2H3,(H,27,33)(H2,25,26,28,32). The second-order valence-electron chi connectivity index (χ2n) is 9.21.